The summed E-state index contributed by atoms with van der Waals surface area (Å²) in [5.41, 5.74) is 0. The second-order valence-corrected chi connectivity index (χ2v) is 6.20. The Kier molecular flexibility index (Phi) is 7.54. The number of hydrogen-bond donors (Lipinski definition) is 1. The van der Waals surface area contributed by atoms with Gasteiger partial charge in [-0.25, -0.2) is 4.79 Å². The van der Waals surface area contributed by atoms with Gasteiger partial charge < -0.3 is 14.9 Å². The molecule has 122 valence electrons. The number of likely N-dealkylation sites (tertiary alicyclic amines) is 1. The van der Waals surface area contributed by atoms with Gasteiger partial charge in [0.1, 0.15) is 0 Å². The summed E-state index contributed by atoms with van der Waals surface area (Å²) in [7, 11) is 0. The summed E-state index contributed by atoms with van der Waals surface area (Å²) in [4.78, 5) is 27.0. The lowest BCUT2D eigenvalue weighted by atomic mass is 9.92. The average Bonchev–Trinajstić information content (AvgIpc) is 2.50. The van der Waals surface area contributed by atoms with Crippen molar-refractivity contribution in [2.75, 3.05) is 26.2 Å². The predicted octanol–water partition coefficient (Wildman–Crippen LogP) is 3.05. The smallest absolute Gasteiger partial charge is 0.319 e. The summed E-state index contributed by atoms with van der Waals surface area (Å²) in [6, 6.07) is 0.148. The number of carbonyl (C=O) groups is 2. The fourth-order valence-corrected chi connectivity index (χ4v) is 2.79. The van der Waals surface area contributed by atoms with Gasteiger partial charge in [-0.15, -0.1) is 0 Å². The van der Waals surface area contributed by atoms with E-state index in [0.717, 1.165) is 51.9 Å². The number of nitrogens with zero attached hydrogens (tertiary/aromatic N) is 2. The van der Waals surface area contributed by atoms with E-state index >= 15 is 0 Å². The van der Waals surface area contributed by atoms with Crippen molar-refractivity contribution in [3.63, 3.8) is 0 Å². The third-order valence-corrected chi connectivity index (χ3v) is 4.53. The molecule has 1 aliphatic heterocycles. The standard InChI is InChI=1S/C16H30N2O3/c1-4-13(3)12-17(5-2)16(21)18-10-8-14(9-11-18)6-7-15(19)20/h13-14H,4-12H2,1-3H3,(H,19,20). The van der Waals surface area contributed by atoms with E-state index in [4.69, 9.17) is 5.11 Å². The molecule has 1 saturated heterocycles. The molecule has 5 heteroatoms. The summed E-state index contributed by atoms with van der Waals surface area (Å²) < 4.78 is 0. The Balaban J connectivity index is 2.41. The molecule has 1 heterocycles. The second-order valence-electron chi connectivity index (χ2n) is 6.20. The first-order valence-corrected chi connectivity index (χ1v) is 8.23. The Morgan fingerprint density at radius 3 is 2.38 bits per heavy atom. The monoisotopic (exact) mass is 298 g/mol. The first-order valence-electron chi connectivity index (χ1n) is 8.23. The maximum Gasteiger partial charge on any atom is 0.319 e. The number of carbonyl (C=O) groups excluding carboxylic acids is 1. The molecule has 0 aliphatic carbocycles. The molecule has 1 fully saturated rings. The van der Waals surface area contributed by atoms with Crippen LogP contribution in [0.15, 0.2) is 0 Å². The average molecular weight is 298 g/mol. The van der Waals surface area contributed by atoms with E-state index in [-0.39, 0.29) is 12.5 Å². The molecular weight excluding hydrogens is 268 g/mol. The zero-order valence-electron chi connectivity index (χ0n) is 13.7. The third-order valence-electron chi connectivity index (χ3n) is 4.53. The summed E-state index contributed by atoms with van der Waals surface area (Å²) in [5.74, 6) is 0.260. The number of carboxylic acid groups (broad SMARTS) is 1. The van der Waals surface area contributed by atoms with E-state index in [1.807, 2.05) is 16.7 Å². The molecule has 0 aromatic rings. The van der Waals surface area contributed by atoms with E-state index in [9.17, 15) is 9.59 Å². The van der Waals surface area contributed by atoms with E-state index < -0.39 is 5.97 Å². The van der Waals surface area contributed by atoms with Gasteiger partial charge in [0.15, 0.2) is 0 Å². The zero-order valence-corrected chi connectivity index (χ0v) is 13.7. The van der Waals surface area contributed by atoms with Gasteiger partial charge in [0, 0.05) is 32.6 Å². The molecular formula is C16H30N2O3. The molecule has 0 radical (unpaired) electrons. The van der Waals surface area contributed by atoms with Crippen molar-refractivity contribution in [3.8, 4) is 0 Å². The van der Waals surface area contributed by atoms with Crippen LogP contribution < -0.4 is 0 Å². The highest BCUT2D eigenvalue weighted by molar-refractivity contribution is 5.74. The van der Waals surface area contributed by atoms with Crippen LogP contribution in [0.5, 0.6) is 0 Å². The molecule has 1 N–H and O–H groups in total. The third kappa shape index (κ3) is 5.94. The van der Waals surface area contributed by atoms with Gasteiger partial charge in [-0.05, 0) is 38.0 Å². The summed E-state index contributed by atoms with van der Waals surface area (Å²) in [5, 5.41) is 8.73. The number of hydrogen-bond acceptors (Lipinski definition) is 2. The van der Waals surface area contributed by atoms with Gasteiger partial charge >= 0.3 is 12.0 Å². The minimum Gasteiger partial charge on any atom is -0.481 e. The van der Waals surface area contributed by atoms with Crippen molar-refractivity contribution < 1.29 is 14.7 Å². The normalized spacial score (nSPS) is 17.6. The largest absolute Gasteiger partial charge is 0.481 e. The van der Waals surface area contributed by atoms with E-state index in [1.165, 1.54) is 0 Å². The van der Waals surface area contributed by atoms with Crippen molar-refractivity contribution >= 4 is 12.0 Å². The Morgan fingerprint density at radius 2 is 1.90 bits per heavy atom. The number of urea groups is 1. The zero-order chi connectivity index (χ0) is 15.8. The quantitative estimate of drug-likeness (QED) is 0.786. The summed E-state index contributed by atoms with van der Waals surface area (Å²) in [6.45, 7) is 9.46. The maximum atomic E-state index is 12.5. The van der Waals surface area contributed by atoms with Crippen molar-refractivity contribution in [3.05, 3.63) is 0 Å². The predicted molar refractivity (Wildman–Crippen MR) is 83.3 cm³/mol. The van der Waals surface area contributed by atoms with Gasteiger partial charge in [-0.1, -0.05) is 20.3 Å². The van der Waals surface area contributed by atoms with Crippen LogP contribution in [0.4, 0.5) is 4.79 Å². The van der Waals surface area contributed by atoms with Crippen LogP contribution in [0.3, 0.4) is 0 Å². The van der Waals surface area contributed by atoms with Gasteiger partial charge in [-0.3, -0.25) is 4.79 Å². The number of rotatable bonds is 7. The lowest BCUT2D eigenvalue weighted by molar-refractivity contribution is -0.137. The van der Waals surface area contributed by atoms with Crippen LogP contribution in [0.1, 0.15) is 52.9 Å². The Hall–Kier alpha value is -1.26. The number of piperidine rings is 1. The van der Waals surface area contributed by atoms with Crippen LogP contribution in [-0.2, 0) is 4.79 Å². The Bertz CT molecular complexity index is 338. The lowest BCUT2D eigenvalue weighted by Crippen LogP contribution is -2.47. The Morgan fingerprint density at radius 1 is 1.29 bits per heavy atom. The second kappa shape index (κ2) is 8.90. The topological polar surface area (TPSA) is 60.9 Å². The molecule has 21 heavy (non-hydrogen) atoms. The van der Waals surface area contributed by atoms with Crippen molar-refractivity contribution in [1.82, 2.24) is 9.80 Å². The van der Waals surface area contributed by atoms with Gasteiger partial charge in [-0.2, -0.15) is 0 Å². The highest BCUT2D eigenvalue weighted by atomic mass is 16.4. The molecule has 0 aromatic carbocycles. The van der Waals surface area contributed by atoms with E-state index in [1.54, 1.807) is 0 Å². The highest BCUT2D eigenvalue weighted by Crippen LogP contribution is 2.23. The van der Waals surface area contributed by atoms with Crippen LogP contribution in [0, 0.1) is 11.8 Å². The SMILES string of the molecule is CCC(C)CN(CC)C(=O)N1CCC(CCC(=O)O)CC1. The molecule has 2 amide bonds. The maximum absolute atomic E-state index is 12.5. The van der Waals surface area contributed by atoms with E-state index in [2.05, 4.69) is 13.8 Å². The van der Waals surface area contributed by atoms with Gasteiger partial charge in [0.25, 0.3) is 0 Å². The number of aliphatic carboxylic acids is 1. The molecule has 1 unspecified atom stereocenters. The molecule has 5 nitrogen and oxygen atoms in total. The molecule has 0 aromatic heterocycles. The van der Waals surface area contributed by atoms with Gasteiger partial charge in [0.2, 0.25) is 0 Å². The van der Waals surface area contributed by atoms with Crippen LogP contribution in [-0.4, -0.2) is 53.1 Å². The van der Waals surface area contributed by atoms with E-state index in [0.29, 0.717) is 11.8 Å². The first kappa shape index (κ1) is 17.8. The van der Waals surface area contributed by atoms with Crippen LogP contribution in [0.25, 0.3) is 0 Å². The number of carboxylic acids is 1. The molecule has 0 bridgehead atoms. The van der Waals surface area contributed by atoms with Crippen molar-refractivity contribution in [2.24, 2.45) is 11.8 Å². The Labute approximate surface area is 128 Å². The van der Waals surface area contributed by atoms with Crippen molar-refractivity contribution in [1.29, 1.82) is 0 Å². The van der Waals surface area contributed by atoms with Gasteiger partial charge in [0.05, 0.1) is 0 Å². The molecule has 0 saturated carbocycles. The first-order chi connectivity index (χ1) is 9.97. The summed E-state index contributed by atoms with van der Waals surface area (Å²) in [6.07, 6.45) is 3.93. The summed E-state index contributed by atoms with van der Waals surface area (Å²) >= 11 is 0. The molecule has 1 atom stereocenters. The molecule has 0 spiro atoms. The lowest BCUT2D eigenvalue weighted by Gasteiger charge is -2.36. The van der Waals surface area contributed by atoms with Crippen LogP contribution >= 0.6 is 0 Å². The van der Waals surface area contributed by atoms with Crippen molar-refractivity contribution in [2.45, 2.75) is 52.9 Å². The fraction of sp³-hybridized carbons (Fsp3) is 0.875. The minimum absolute atomic E-state index is 0.148. The molecule has 1 rings (SSSR count). The number of amides is 2. The highest BCUT2D eigenvalue weighted by Gasteiger charge is 2.26. The van der Waals surface area contributed by atoms with Crippen LogP contribution in [0.2, 0.25) is 0 Å². The fourth-order valence-electron chi connectivity index (χ4n) is 2.79. The molecule has 1 aliphatic rings. The minimum atomic E-state index is -0.723.